The number of ether oxygens (including phenoxy) is 1. The topological polar surface area (TPSA) is 86.4 Å². The minimum absolute atomic E-state index is 0.382. The fraction of sp³-hybridized carbons (Fsp3) is 0.400. The lowest BCUT2D eigenvalue weighted by Gasteiger charge is -2.11. The summed E-state index contributed by atoms with van der Waals surface area (Å²) >= 11 is 0. The zero-order chi connectivity index (χ0) is 11.3. The van der Waals surface area contributed by atoms with Crippen LogP contribution < -0.4 is 4.74 Å². The molecule has 15 heavy (non-hydrogen) atoms. The Morgan fingerprint density at radius 2 is 2.27 bits per heavy atom. The first-order valence-electron chi connectivity index (χ1n) is 4.53. The Bertz CT molecular complexity index is 345. The first-order valence-corrected chi connectivity index (χ1v) is 4.53. The van der Waals surface area contributed by atoms with Gasteiger partial charge in [-0.05, 0) is 13.0 Å². The van der Waals surface area contributed by atoms with E-state index in [0.29, 0.717) is 18.1 Å². The van der Waals surface area contributed by atoms with Gasteiger partial charge in [-0.2, -0.15) is 5.26 Å². The Morgan fingerprint density at radius 1 is 1.53 bits per heavy atom. The largest absolute Gasteiger partial charge is 0.478 e. The molecule has 0 aliphatic rings. The Kier molecular flexibility index (Phi) is 4.03. The van der Waals surface area contributed by atoms with E-state index in [9.17, 15) is 5.11 Å². The number of hydrogen-bond acceptors (Lipinski definition) is 5. The number of nitriles is 1. The Hall–Kier alpha value is -1.64. The standard InChI is InChI=1S/C10H12N2O3/c1-2-15-9-4-3-7(6-12-9)10(14)8(13)5-11/h3-4,6,8,10,13-14H,2H2,1H3. The normalized spacial score (nSPS) is 14.0. The Morgan fingerprint density at radius 3 is 2.73 bits per heavy atom. The molecule has 0 aliphatic carbocycles. The van der Waals surface area contributed by atoms with Gasteiger partial charge in [-0.15, -0.1) is 0 Å². The molecule has 2 unspecified atom stereocenters. The molecule has 0 saturated heterocycles. The number of hydrogen-bond donors (Lipinski definition) is 2. The molecule has 0 saturated carbocycles. The maximum Gasteiger partial charge on any atom is 0.213 e. The van der Waals surface area contributed by atoms with Crippen molar-refractivity contribution in [3.8, 4) is 11.9 Å². The van der Waals surface area contributed by atoms with Gasteiger partial charge in [0.1, 0.15) is 6.10 Å². The highest BCUT2D eigenvalue weighted by Crippen LogP contribution is 2.17. The van der Waals surface area contributed by atoms with Crippen LogP contribution in [0.1, 0.15) is 18.6 Å². The van der Waals surface area contributed by atoms with Gasteiger partial charge in [-0.1, -0.05) is 0 Å². The minimum atomic E-state index is -1.44. The number of nitrogens with zero attached hydrogens (tertiary/aromatic N) is 2. The number of pyridine rings is 1. The molecule has 5 nitrogen and oxygen atoms in total. The summed E-state index contributed by atoms with van der Waals surface area (Å²) in [6.07, 6.45) is -1.31. The monoisotopic (exact) mass is 208 g/mol. The molecule has 0 aromatic carbocycles. The molecule has 0 amide bonds. The van der Waals surface area contributed by atoms with Crippen molar-refractivity contribution in [2.24, 2.45) is 0 Å². The lowest BCUT2D eigenvalue weighted by Crippen LogP contribution is -2.15. The first-order chi connectivity index (χ1) is 7.19. The molecule has 1 rings (SSSR count). The second-order valence-electron chi connectivity index (χ2n) is 2.88. The van der Waals surface area contributed by atoms with Crippen LogP contribution in [0.4, 0.5) is 0 Å². The van der Waals surface area contributed by atoms with Gasteiger partial charge in [-0.25, -0.2) is 4.98 Å². The molecule has 0 bridgehead atoms. The van der Waals surface area contributed by atoms with Crippen LogP contribution in [-0.4, -0.2) is 27.9 Å². The zero-order valence-corrected chi connectivity index (χ0v) is 8.29. The fourth-order valence-electron chi connectivity index (χ4n) is 1.05. The molecule has 1 heterocycles. The van der Waals surface area contributed by atoms with Gasteiger partial charge in [-0.3, -0.25) is 0 Å². The molecule has 2 N–H and O–H groups in total. The predicted molar refractivity (Wildman–Crippen MR) is 52.0 cm³/mol. The van der Waals surface area contributed by atoms with Gasteiger partial charge in [0.05, 0.1) is 12.7 Å². The average Bonchev–Trinajstić information content (AvgIpc) is 2.28. The summed E-state index contributed by atoms with van der Waals surface area (Å²) in [6.45, 7) is 2.35. The van der Waals surface area contributed by atoms with Crippen molar-refractivity contribution < 1.29 is 14.9 Å². The van der Waals surface area contributed by atoms with Crippen molar-refractivity contribution in [2.75, 3.05) is 6.61 Å². The van der Waals surface area contributed by atoms with Gasteiger partial charge < -0.3 is 14.9 Å². The van der Waals surface area contributed by atoms with E-state index in [1.165, 1.54) is 6.20 Å². The SMILES string of the molecule is CCOc1ccc(C(O)C(O)C#N)cn1. The van der Waals surface area contributed by atoms with E-state index in [4.69, 9.17) is 15.1 Å². The van der Waals surface area contributed by atoms with Gasteiger partial charge in [0, 0.05) is 17.8 Å². The predicted octanol–water partition coefficient (Wildman–Crippen LogP) is 0.398. The average molecular weight is 208 g/mol. The van der Waals surface area contributed by atoms with E-state index in [1.807, 2.05) is 6.92 Å². The molecular formula is C10H12N2O3. The number of aliphatic hydroxyl groups is 2. The van der Waals surface area contributed by atoms with Crippen LogP contribution in [0, 0.1) is 11.3 Å². The van der Waals surface area contributed by atoms with E-state index in [1.54, 1.807) is 18.2 Å². The van der Waals surface area contributed by atoms with Gasteiger partial charge in [0.25, 0.3) is 0 Å². The number of aromatic nitrogens is 1. The summed E-state index contributed by atoms with van der Waals surface area (Å²) in [5, 5.41) is 26.9. The lowest BCUT2D eigenvalue weighted by atomic mass is 10.1. The summed E-state index contributed by atoms with van der Waals surface area (Å²) < 4.78 is 5.11. The Labute approximate surface area is 87.6 Å². The van der Waals surface area contributed by atoms with Crippen molar-refractivity contribution in [2.45, 2.75) is 19.1 Å². The molecule has 0 fully saturated rings. The van der Waals surface area contributed by atoms with Gasteiger partial charge >= 0.3 is 0 Å². The smallest absolute Gasteiger partial charge is 0.213 e. The summed E-state index contributed by atoms with van der Waals surface area (Å²) in [5.74, 6) is 0.444. The van der Waals surface area contributed by atoms with Crippen LogP contribution in [-0.2, 0) is 0 Å². The third-order valence-electron chi connectivity index (χ3n) is 1.82. The van der Waals surface area contributed by atoms with Crippen molar-refractivity contribution in [3.05, 3.63) is 23.9 Å². The van der Waals surface area contributed by atoms with Crippen LogP contribution in [0.5, 0.6) is 5.88 Å². The minimum Gasteiger partial charge on any atom is -0.478 e. The second-order valence-corrected chi connectivity index (χ2v) is 2.88. The van der Waals surface area contributed by atoms with Gasteiger partial charge in [0.2, 0.25) is 5.88 Å². The van der Waals surface area contributed by atoms with Crippen molar-refractivity contribution in [3.63, 3.8) is 0 Å². The van der Waals surface area contributed by atoms with Crippen LogP contribution in [0.3, 0.4) is 0 Å². The zero-order valence-electron chi connectivity index (χ0n) is 8.29. The van der Waals surface area contributed by atoms with E-state index < -0.39 is 12.2 Å². The molecule has 1 aromatic heterocycles. The summed E-state index contributed by atoms with van der Waals surface area (Å²) in [6, 6.07) is 4.68. The number of aliphatic hydroxyl groups excluding tert-OH is 2. The van der Waals surface area contributed by atoms with Crippen LogP contribution in [0.2, 0.25) is 0 Å². The molecule has 0 aliphatic heterocycles. The van der Waals surface area contributed by atoms with E-state index in [0.717, 1.165) is 0 Å². The van der Waals surface area contributed by atoms with E-state index >= 15 is 0 Å². The fourth-order valence-corrected chi connectivity index (χ4v) is 1.05. The third-order valence-corrected chi connectivity index (χ3v) is 1.82. The highest BCUT2D eigenvalue weighted by atomic mass is 16.5. The molecular weight excluding hydrogens is 196 g/mol. The van der Waals surface area contributed by atoms with Crippen LogP contribution >= 0.6 is 0 Å². The number of rotatable bonds is 4. The molecule has 1 aromatic rings. The molecule has 0 radical (unpaired) electrons. The quantitative estimate of drug-likeness (QED) is 0.699. The second kappa shape index (κ2) is 5.29. The van der Waals surface area contributed by atoms with E-state index in [2.05, 4.69) is 4.98 Å². The van der Waals surface area contributed by atoms with Gasteiger partial charge in [0.15, 0.2) is 6.10 Å². The molecule has 0 spiro atoms. The highest BCUT2D eigenvalue weighted by molar-refractivity contribution is 5.21. The van der Waals surface area contributed by atoms with E-state index in [-0.39, 0.29) is 0 Å². The lowest BCUT2D eigenvalue weighted by molar-refractivity contribution is 0.0525. The van der Waals surface area contributed by atoms with Crippen molar-refractivity contribution in [1.82, 2.24) is 4.98 Å². The third kappa shape index (κ3) is 2.91. The summed E-state index contributed by atoms with van der Waals surface area (Å²) in [4.78, 5) is 3.90. The summed E-state index contributed by atoms with van der Waals surface area (Å²) in [7, 11) is 0. The van der Waals surface area contributed by atoms with Crippen LogP contribution in [0.25, 0.3) is 0 Å². The van der Waals surface area contributed by atoms with Crippen LogP contribution in [0.15, 0.2) is 18.3 Å². The Balaban J connectivity index is 2.76. The highest BCUT2D eigenvalue weighted by Gasteiger charge is 2.17. The molecule has 2 atom stereocenters. The van der Waals surface area contributed by atoms with Crippen molar-refractivity contribution in [1.29, 1.82) is 5.26 Å². The molecule has 5 heteroatoms. The first kappa shape index (κ1) is 11.4. The van der Waals surface area contributed by atoms with Crippen molar-refractivity contribution >= 4 is 0 Å². The maximum atomic E-state index is 9.46. The summed E-state index contributed by atoms with van der Waals surface area (Å²) in [5.41, 5.74) is 0.382. The maximum absolute atomic E-state index is 9.46. The molecule has 80 valence electrons.